The number of hydrogen-bond acceptors (Lipinski definition) is 3. The monoisotopic (exact) mass is 262 g/mol. The molecule has 2 aliphatic rings. The number of fused-ring (bicyclic) bond motifs is 1. The minimum Gasteiger partial charge on any atom is -0.396 e. The number of benzene rings is 1. The molecule has 2 atom stereocenters. The lowest BCUT2D eigenvalue weighted by molar-refractivity contribution is -0.123. The Morgan fingerprint density at radius 3 is 2.32 bits per heavy atom. The molecule has 3 rings (SSSR count). The molecule has 1 aliphatic heterocycles. The number of nitrogens with two attached hydrogens (primary N) is 1. The topological polar surface area (TPSA) is 63.4 Å². The zero-order valence-corrected chi connectivity index (χ0v) is 10.6. The molecule has 0 spiro atoms. The molecule has 0 radical (unpaired) electrons. The number of nitrogens with zero attached hydrogens (tertiary/aromatic N) is 1. The van der Waals surface area contributed by atoms with Gasteiger partial charge in [-0.25, -0.2) is 9.29 Å². The fraction of sp³-hybridized carbons (Fsp3) is 0.429. The molecule has 1 saturated heterocycles. The lowest BCUT2D eigenvalue weighted by atomic mass is 10.00. The van der Waals surface area contributed by atoms with E-state index in [1.807, 2.05) is 6.92 Å². The van der Waals surface area contributed by atoms with Crippen LogP contribution in [0.5, 0.6) is 0 Å². The summed E-state index contributed by atoms with van der Waals surface area (Å²) >= 11 is 0. The van der Waals surface area contributed by atoms with Gasteiger partial charge in [-0.1, -0.05) is 6.92 Å². The zero-order chi connectivity index (χ0) is 13.7. The lowest BCUT2D eigenvalue weighted by Gasteiger charge is -2.17. The molecule has 1 saturated carbocycles. The third-order valence-electron chi connectivity index (χ3n) is 4.12. The van der Waals surface area contributed by atoms with Gasteiger partial charge in [-0.15, -0.1) is 0 Å². The third kappa shape index (κ3) is 1.72. The maximum Gasteiger partial charge on any atom is 0.237 e. The first-order valence-corrected chi connectivity index (χ1v) is 6.42. The summed E-state index contributed by atoms with van der Waals surface area (Å²) in [5, 5.41) is 0. The van der Waals surface area contributed by atoms with Gasteiger partial charge in [0.1, 0.15) is 5.82 Å². The average molecular weight is 262 g/mol. The second kappa shape index (κ2) is 4.05. The first-order valence-electron chi connectivity index (χ1n) is 6.42. The number of nitrogen functional groups attached to an aromatic ring is 1. The summed E-state index contributed by atoms with van der Waals surface area (Å²) in [7, 11) is 0. The molecule has 1 aromatic rings. The summed E-state index contributed by atoms with van der Waals surface area (Å²) in [5.41, 5.74) is 5.70. The van der Waals surface area contributed by atoms with Crippen LogP contribution in [-0.4, -0.2) is 11.8 Å². The fourth-order valence-electron chi connectivity index (χ4n) is 3.19. The van der Waals surface area contributed by atoms with E-state index in [1.165, 1.54) is 12.1 Å². The highest BCUT2D eigenvalue weighted by Crippen LogP contribution is 2.44. The SMILES string of the molecule is CC1CC2C(=O)N(c3ccc(N)c(F)c3)C(=O)C2C1. The Bertz CT molecular complexity index is 549. The number of imide groups is 1. The molecule has 2 fully saturated rings. The third-order valence-corrected chi connectivity index (χ3v) is 4.12. The molecule has 1 heterocycles. The molecule has 0 aromatic heterocycles. The standard InChI is InChI=1S/C14H15FN2O2/c1-7-4-9-10(5-7)14(19)17(13(9)18)8-2-3-12(16)11(15)6-8/h2-3,6-7,9-10H,4-5,16H2,1H3. The van der Waals surface area contributed by atoms with Gasteiger partial charge in [-0.05, 0) is 30.9 Å². The van der Waals surface area contributed by atoms with Crippen molar-refractivity contribution < 1.29 is 14.0 Å². The van der Waals surface area contributed by atoms with Gasteiger partial charge < -0.3 is 5.73 Å². The molecule has 100 valence electrons. The van der Waals surface area contributed by atoms with Crippen LogP contribution in [0.1, 0.15) is 19.8 Å². The quantitative estimate of drug-likeness (QED) is 0.621. The lowest BCUT2D eigenvalue weighted by Crippen LogP contribution is -2.32. The second-order valence-corrected chi connectivity index (χ2v) is 5.51. The first-order chi connectivity index (χ1) is 8.99. The Labute approximate surface area is 110 Å². The molecule has 19 heavy (non-hydrogen) atoms. The predicted molar refractivity (Wildman–Crippen MR) is 68.7 cm³/mol. The highest BCUT2D eigenvalue weighted by Gasteiger charge is 2.52. The van der Waals surface area contributed by atoms with E-state index in [1.54, 1.807) is 0 Å². The van der Waals surface area contributed by atoms with Crippen molar-refractivity contribution in [2.45, 2.75) is 19.8 Å². The Balaban J connectivity index is 1.96. The molecule has 4 nitrogen and oxygen atoms in total. The van der Waals surface area contributed by atoms with Crippen molar-refractivity contribution >= 4 is 23.2 Å². The molecule has 5 heteroatoms. The number of anilines is 2. The molecule has 0 bridgehead atoms. The van der Waals surface area contributed by atoms with E-state index >= 15 is 0 Å². The van der Waals surface area contributed by atoms with Crippen molar-refractivity contribution in [1.29, 1.82) is 0 Å². The smallest absolute Gasteiger partial charge is 0.237 e. The fourth-order valence-corrected chi connectivity index (χ4v) is 3.19. The van der Waals surface area contributed by atoms with E-state index < -0.39 is 5.82 Å². The first kappa shape index (κ1) is 12.1. The van der Waals surface area contributed by atoms with Crippen molar-refractivity contribution in [1.82, 2.24) is 0 Å². The van der Waals surface area contributed by atoms with Crippen molar-refractivity contribution in [3.05, 3.63) is 24.0 Å². The van der Waals surface area contributed by atoms with Crippen molar-refractivity contribution in [2.75, 3.05) is 10.6 Å². The highest BCUT2D eigenvalue weighted by atomic mass is 19.1. The Kier molecular flexibility index (Phi) is 2.59. The zero-order valence-electron chi connectivity index (χ0n) is 10.6. The van der Waals surface area contributed by atoms with Gasteiger partial charge in [0, 0.05) is 6.07 Å². The minimum atomic E-state index is -0.608. The molecular weight excluding hydrogens is 247 g/mol. The molecular formula is C14H15FN2O2. The van der Waals surface area contributed by atoms with Crippen LogP contribution in [0.3, 0.4) is 0 Å². The van der Waals surface area contributed by atoms with E-state index in [2.05, 4.69) is 0 Å². The van der Waals surface area contributed by atoms with Crippen molar-refractivity contribution in [3.8, 4) is 0 Å². The summed E-state index contributed by atoms with van der Waals surface area (Å²) in [6, 6.07) is 4.04. The van der Waals surface area contributed by atoms with Crippen LogP contribution in [0.25, 0.3) is 0 Å². The van der Waals surface area contributed by atoms with Gasteiger partial charge in [-0.2, -0.15) is 0 Å². The highest BCUT2D eigenvalue weighted by molar-refractivity contribution is 6.22. The van der Waals surface area contributed by atoms with E-state index in [9.17, 15) is 14.0 Å². The summed E-state index contributed by atoms with van der Waals surface area (Å²) < 4.78 is 13.5. The number of rotatable bonds is 1. The van der Waals surface area contributed by atoms with Gasteiger partial charge in [0.25, 0.3) is 0 Å². The summed E-state index contributed by atoms with van der Waals surface area (Å²) in [5.74, 6) is -1.09. The minimum absolute atomic E-state index is 0.0108. The van der Waals surface area contributed by atoms with Crippen LogP contribution in [-0.2, 0) is 9.59 Å². The number of amides is 2. The van der Waals surface area contributed by atoms with Crippen LogP contribution in [0, 0.1) is 23.6 Å². The Hall–Kier alpha value is -1.91. The van der Waals surface area contributed by atoms with Gasteiger partial charge in [0.15, 0.2) is 0 Å². The van der Waals surface area contributed by atoms with Gasteiger partial charge in [0.05, 0.1) is 23.2 Å². The maximum absolute atomic E-state index is 13.5. The molecule has 1 aliphatic carbocycles. The van der Waals surface area contributed by atoms with Gasteiger partial charge in [0.2, 0.25) is 11.8 Å². The predicted octanol–water partition coefficient (Wildman–Crippen LogP) is 1.94. The number of hydrogen-bond donors (Lipinski definition) is 1. The van der Waals surface area contributed by atoms with E-state index in [-0.39, 0.29) is 35.0 Å². The number of halogens is 1. The van der Waals surface area contributed by atoms with Crippen molar-refractivity contribution in [3.63, 3.8) is 0 Å². The normalized spacial score (nSPS) is 30.0. The largest absolute Gasteiger partial charge is 0.396 e. The van der Waals surface area contributed by atoms with Crippen molar-refractivity contribution in [2.24, 2.45) is 17.8 Å². The van der Waals surface area contributed by atoms with Gasteiger partial charge >= 0.3 is 0 Å². The van der Waals surface area contributed by atoms with E-state index in [0.717, 1.165) is 23.8 Å². The van der Waals surface area contributed by atoms with E-state index in [0.29, 0.717) is 5.92 Å². The Morgan fingerprint density at radius 2 is 1.79 bits per heavy atom. The van der Waals surface area contributed by atoms with Gasteiger partial charge in [-0.3, -0.25) is 9.59 Å². The molecule has 2 amide bonds. The van der Waals surface area contributed by atoms with Crippen LogP contribution in [0.15, 0.2) is 18.2 Å². The van der Waals surface area contributed by atoms with Crippen LogP contribution < -0.4 is 10.6 Å². The van der Waals surface area contributed by atoms with Crippen LogP contribution in [0.4, 0.5) is 15.8 Å². The number of carbonyl (C=O) groups excluding carboxylic acids is 2. The van der Waals surface area contributed by atoms with Crippen LogP contribution in [0.2, 0.25) is 0 Å². The number of carbonyl (C=O) groups is 2. The average Bonchev–Trinajstić information content (AvgIpc) is 2.84. The molecule has 1 aromatic carbocycles. The van der Waals surface area contributed by atoms with Crippen LogP contribution >= 0.6 is 0 Å². The van der Waals surface area contributed by atoms with E-state index in [4.69, 9.17) is 5.73 Å². The maximum atomic E-state index is 13.5. The second-order valence-electron chi connectivity index (χ2n) is 5.51. The molecule has 2 unspecified atom stereocenters. The summed E-state index contributed by atoms with van der Waals surface area (Å²) in [6.07, 6.45) is 1.48. The Morgan fingerprint density at radius 1 is 1.21 bits per heavy atom. The summed E-state index contributed by atoms with van der Waals surface area (Å²) in [6.45, 7) is 2.05. The summed E-state index contributed by atoms with van der Waals surface area (Å²) in [4.78, 5) is 25.7. The molecule has 2 N–H and O–H groups in total.